The van der Waals surface area contributed by atoms with Gasteiger partial charge >= 0.3 is 0 Å². The summed E-state index contributed by atoms with van der Waals surface area (Å²) >= 11 is 0. The van der Waals surface area contributed by atoms with E-state index >= 15 is 0 Å². The molecule has 0 aliphatic carbocycles. The van der Waals surface area contributed by atoms with E-state index in [4.69, 9.17) is 9.47 Å². The summed E-state index contributed by atoms with van der Waals surface area (Å²) in [6, 6.07) is 21.4. The lowest BCUT2D eigenvalue weighted by Crippen LogP contribution is -2.24. The molecule has 0 fully saturated rings. The average Bonchev–Trinajstić information content (AvgIpc) is 3.01. The van der Waals surface area contributed by atoms with Gasteiger partial charge in [-0.1, -0.05) is 60.7 Å². The van der Waals surface area contributed by atoms with Crippen molar-refractivity contribution in [3.05, 3.63) is 106 Å². The molecule has 46 heavy (non-hydrogen) atoms. The average molecular weight is 627 g/mol. The van der Waals surface area contributed by atoms with Crippen molar-refractivity contribution in [2.45, 2.75) is 38.1 Å². The van der Waals surface area contributed by atoms with Gasteiger partial charge in [0.25, 0.3) is 0 Å². The molecule has 240 valence electrons. The number of ether oxygens (including phenoxy) is 2. The van der Waals surface area contributed by atoms with Crippen molar-refractivity contribution in [3.8, 4) is 34.5 Å². The van der Waals surface area contributed by atoms with Crippen LogP contribution < -0.4 is 9.47 Å². The van der Waals surface area contributed by atoms with Crippen molar-refractivity contribution in [1.82, 2.24) is 9.80 Å². The van der Waals surface area contributed by atoms with Gasteiger partial charge in [-0.05, 0) is 39.3 Å². The molecule has 0 unspecified atom stereocenters. The highest BCUT2D eigenvalue weighted by Crippen LogP contribution is 2.48. The molecule has 6 rings (SSSR count). The Labute approximate surface area is 267 Å². The van der Waals surface area contributed by atoms with E-state index in [1.165, 1.54) is 6.07 Å². The Balaban J connectivity index is 0.000000192. The Bertz CT molecular complexity index is 1740. The van der Waals surface area contributed by atoms with E-state index in [9.17, 15) is 30.0 Å². The van der Waals surface area contributed by atoms with Crippen LogP contribution in [0.5, 0.6) is 34.5 Å². The first kappa shape index (κ1) is 32.3. The fourth-order valence-electron chi connectivity index (χ4n) is 5.72. The van der Waals surface area contributed by atoms with Crippen LogP contribution in [0.25, 0.3) is 0 Å². The van der Waals surface area contributed by atoms with Gasteiger partial charge in [-0.15, -0.1) is 0 Å². The minimum atomic E-state index is -0.439. The van der Waals surface area contributed by atoms with Crippen molar-refractivity contribution in [1.29, 1.82) is 0 Å². The van der Waals surface area contributed by atoms with Crippen LogP contribution >= 0.6 is 0 Å². The molecule has 10 nitrogen and oxygen atoms in total. The SMILES string of the molecule is CN(C)Cc1c(O)c(CN(C)C)c2c(c1O)C(=O)C[C@@H](c1ccccc1)O2.O=C1C[C@@H](c2ccccc2)Oc2cc(O)cc(O)c21. The van der Waals surface area contributed by atoms with Crippen molar-refractivity contribution in [2.24, 2.45) is 0 Å². The standard InChI is InChI=1S/C21H26N2O4.C15H12O4/c1-22(2)11-14-19(25)15(12-23(3)4)21-18(20(14)26)16(24)10-17(27-21)13-8-6-5-7-9-13;16-10-6-11(17)15-12(18)8-13(19-14(15)7-10)9-4-2-1-3-5-9/h5-9,17,25-26H,10-12H2,1-4H3;1-7,13,16-17H,8H2/t17-;13-/m00/s1. The Hall–Kier alpha value is -5.06. The molecule has 2 aliphatic rings. The number of carbonyl (C=O) groups excluding carboxylic acids is 2. The first-order valence-electron chi connectivity index (χ1n) is 14.9. The molecule has 0 radical (unpaired) electrons. The number of hydrogen-bond acceptors (Lipinski definition) is 10. The lowest BCUT2D eigenvalue weighted by molar-refractivity contribution is 0.0831. The number of Topliss-reactive ketones (excluding diaryl/α,β-unsaturated/α-hetero) is 2. The maximum absolute atomic E-state index is 12.9. The van der Waals surface area contributed by atoms with Gasteiger partial charge in [0.05, 0.1) is 24.0 Å². The molecule has 2 heterocycles. The molecule has 0 saturated carbocycles. The number of ketones is 2. The summed E-state index contributed by atoms with van der Waals surface area (Å²) in [4.78, 5) is 28.7. The summed E-state index contributed by atoms with van der Waals surface area (Å²) in [6.45, 7) is 0.713. The number of phenolic OH excluding ortho intramolecular Hbond substituents is 4. The predicted molar refractivity (Wildman–Crippen MR) is 172 cm³/mol. The zero-order chi connectivity index (χ0) is 33.1. The molecule has 4 aromatic rings. The highest BCUT2D eigenvalue weighted by Gasteiger charge is 2.36. The summed E-state index contributed by atoms with van der Waals surface area (Å²) in [6.07, 6.45) is -0.499. The van der Waals surface area contributed by atoms with Crippen molar-refractivity contribution >= 4 is 11.6 Å². The molecule has 0 bridgehead atoms. The Kier molecular flexibility index (Phi) is 9.50. The van der Waals surface area contributed by atoms with Gasteiger partial charge in [0.1, 0.15) is 57.8 Å². The minimum Gasteiger partial charge on any atom is -0.508 e. The highest BCUT2D eigenvalue weighted by atomic mass is 16.5. The van der Waals surface area contributed by atoms with E-state index in [1.807, 2.05) is 98.7 Å². The molecule has 2 aliphatic heterocycles. The van der Waals surface area contributed by atoms with E-state index in [0.717, 1.165) is 17.2 Å². The Morgan fingerprint density at radius 3 is 1.70 bits per heavy atom. The maximum Gasteiger partial charge on any atom is 0.174 e. The van der Waals surface area contributed by atoms with E-state index in [1.54, 1.807) is 0 Å². The zero-order valence-corrected chi connectivity index (χ0v) is 26.2. The first-order chi connectivity index (χ1) is 21.9. The highest BCUT2D eigenvalue weighted by molar-refractivity contribution is 6.04. The lowest BCUT2D eigenvalue weighted by atomic mass is 9.90. The number of phenols is 4. The zero-order valence-electron chi connectivity index (χ0n) is 26.2. The number of benzene rings is 4. The van der Waals surface area contributed by atoms with Crippen LogP contribution in [0, 0.1) is 0 Å². The van der Waals surface area contributed by atoms with Crippen LogP contribution in [0.4, 0.5) is 0 Å². The molecule has 0 spiro atoms. The van der Waals surface area contributed by atoms with Crippen molar-refractivity contribution in [2.75, 3.05) is 28.2 Å². The molecule has 10 heteroatoms. The van der Waals surface area contributed by atoms with Crippen LogP contribution in [0.2, 0.25) is 0 Å². The quantitative estimate of drug-likeness (QED) is 0.210. The van der Waals surface area contributed by atoms with Crippen molar-refractivity contribution in [3.63, 3.8) is 0 Å². The van der Waals surface area contributed by atoms with Crippen molar-refractivity contribution < 1.29 is 39.5 Å². The lowest BCUT2D eigenvalue weighted by Gasteiger charge is -2.30. The Morgan fingerprint density at radius 2 is 1.15 bits per heavy atom. The van der Waals surface area contributed by atoms with Crippen LogP contribution in [-0.2, 0) is 13.1 Å². The van der Waals surface area contributed by atoms with Gasteiger partial charge in [-0.3, -0.25) is 9.59 Å². The number of carbonyl (C=O) groups is 2. The summed E-state index contributed by atoms with van der Waals surface area (Å²) in [7, 11) is 7.44. The van der Waals surface area contributed by atoms with Gasteiger partial charge in [0.2, 0.25) is 0 Å². The van der Waals surface area contributed by atoms with Gasteiger partial charge in [0, 0.05) is 25.2 Å². The third-order valence-corrected chi connectivity index (χ3v) is 7.78. The number of nitrogens with zero attached hydrogens (tertiary/aromatic N) is 2. The van der Waals surface area contributed by atoms with Gasteiger partial charge < -0.3 is 39.7 Å². The topological polar surface area (TPSA) is 140 Å². The van der Waals surface area contributed by atoms with Crippen LogP contribution in [0.3, 0.4) is 0 Å². The van der Waals surface area contributed by atoms with Gasteiger partial charge in [0.15, 0.2) is 11.6 Å². The Morgan fingerprint density at radius 1 is 0.652 bits per heavy atom. The van der Waals surface area contributed by atoms with Crippen LogP contribution in [0.15, 0.2) is 72.8 Å². The summed E-state index contributed by atoms with van der Waals surface area (Å²) in [5, 5.41) is 40.8. The molecular weight excluding hydrogens is 588 g/mol. The van der Waals surface area contributed by atoms with E-state index in [-0.39, 0.29) is 76.1 Å². The third-order valence-electron chi connectivity index (χ3n) is 7.78. The van der Waals surface area contributed by atoms with E-state index in [2.05, 4.69) is 0 Å². The van der Waals surface area contributed by atoms with E-state index in [0.29, 0.717) is 24.2 Å². The van der Waals surface area contributed by atoms with Crippen LogP contribution in [0.1, 0.15) is 68.0 Å². The minimum absolute atomic E-state index is 0.0184. The second-order valence-corrected chi connectivity index (χ2v) is 12.0. The first-order valence-corrected chi connectivity index (χ1v) is 14.9. The van der Waals surface area contributed by atoms with Crippen LogP contribution in [-0.4, -0.2) is 70.0 Å². The second-order valence-electron chi connectivity index (χ2n) is 12.0. The maximum atomic E-state index is 12.9. The smallest absolute Gasteiger partial charge is 0.174 e. The molecule has 0 amide bonds. The van der Waals surface area contributed by atoms with E-state index < -0.39 is 6.10 Å². The molecule has 4 aromatic carbocycles. The monoisotopic (exact) mass is 626 g/mol. The number of rotatable bonds is 6. The molecule has 0 aromatic heterocycles. The largest absolute Gasteiger partial charge is 0.508 e. The number of hydrogen-bond donors (Lipinski definition) is 4. The normalized spacial score (nSPS) is 17.0. The van der Waals surface area contributed by atoms with Gasteiger partial charge in [-0.2, -0.15) is 0 Å². The number of aromatic hydroxyl groups is 4. The second kappa shape index (κ2) is 13.5. The summed E-state index contributed by atoms with van der Waals surface area (Å²) in [5.74, 6) is -0.432. The molecule has 0 saturated heterocycles. The third kappa shape index (κ3) is 6.78. The summed E-state index contributed by atoms with van der Waals surface area (Å²) in [5.41, 5.74) is 2.98. The molecular formula is C36H38N2O8. The molecule has 2 atom stereocenters. The summed E-state index contributed by atoms with van der Waals surface area (Å²) < 4.78 is 11.9. The predicted octanol–water partition coefficient (Wildman–Crippen LogP) is 5.73. The fraction of sp³-hybridized carbons (Fsp3) is 0.278. The fourth-order valence-corrected chi connectivity index (χ4v) is 5.72. The van der Waals surface area contributed by atoms with Gasteiger partial charge in [-0.25, -0.2) is 0 Å². The molecule has 4 N–H and O–H groups in total. The number of fused-ring (bicyclic) bond motifs is 2.